The Morgan fingerprint density at radius 3 is 2.58 bits per heavy atom. The summed E-state index contributed by atoms with van der Waals surface area (Å²) in [5.74, 6) is -0.798. The molecule has 1 atom stereocenters. The molecule has 0 unspecified atom stereocenters. The van der Waals surface area contributed by atoms with E-state index in [1.165, 1.54) is 12.1 Å². The number of aromatic amines is 1. The van der Waals surface area contributed by atoms with Crippen LogP contribution in [0.3, 0.4) is 0 Å². The van der Waals surface area contributed by atoms with Crippen molar-refractivity contribution in [2.24, 2.45) is 0 Å². The molecule has 1 radical (unpaired) electrons. The fraction of sp³-hybridized carbons (Fsp3) is 0.200. The second kappa shape index (κ2) is 8.83. The van der Waals surface area contributed by atoms with Gasteiger partial charge in [0.1, 0.15) is 5.82 Å². The van der Waals surface area contributed by atoms with Crippen molar-refractivity contribution in [2.75, 3.05) is 31.1 Å². The molecular formula is C25H22ClFN5O. The Morgan fingerprint density at radius 2 is 1.85 bits per heavy atom. The zero-order chi connectivity index (χ0) is 22.9. The third kappa shape index (κ3) is 4.16. The number of piperazine rings is 1. The summed E-state index contributed by atoms with van der Waals surface area (Å²) in [7, 11) is 0. The third-order valence-corrected chi connectivity index (χ3v) is 6.32. The van der Waals surface area contributed by atoms with E-state index in [-0.39, 0.29) is 11.7 Å². The van der Waals surface area contributed by atoms with E-state index in [0.29, 0.717) is 36.8 Å². The molecule has 167 valence electrons. The Morgan fingerprint density at radius 1 is 1.09 bits per heavy atom. The van der Waals surface area contributed by atoms with Crippen molar-refractivity contribution in [3.05, 3.63) is 84.3 Å². The van der Waals surface area contributed by atoms with Gasteiger partial charge in [-0.25, -0.2) is 9.37 Å². The average Bonchev–Trinajstić information content (AvgIpc) is 3.32. The summed E-state index contributed by atoms with van der Waals surface area (Å²) >= 11 is 5.96. The van der Waals surface area contributed by atoms with Crippen LogP contribution in [0.15, 0.2) is 60.9 Å². The highest BCUT2D eigenvalue weighted by Crippen LogP contribution is 2.36. The van der Waals surface area contributed by atoms with Gasteiger partial charge < -0.3 is 9.80 Å². The molecule has 5 rings (SSSR count). The van der Waals surface area contributed by atoms with Crippen LogP contribution >= 0.6 is 11.6 Å². The highest BCUT2D eigenvalue weighted by Gasteiger charge is 2.28. The van der Waals surface area contributed by atoms with E-state index in [1.807, 2.05) is 23.1 Å². The van der Waals surface area contributed by atoms with Crippen molar-refractivity contribution in [3.8, 4) is 11.1 Å². The summed E-state index contributed by atoms with van der Waals surface area (Å²) in [6.07, 6.45) is 3.49. The number of hydrogen-bond donors (Lipinski definition) is 1. The lowest BCUT2D eigenvalue weighted by Crippen LogP contribution is -2.50. The largest absolute Gasteiger partial charge is 0.367 e. The van der Waals surface area contributed by atoms with Gasteiger partial charge in [0.05, 0.1) is 23.2 Å². The first kappa shape index (κ1) is 21.4. The Labute approximate surface area is 196 Å². The minimum atomic E-state index is -0.488. The molecule has 0 bridgehead atoms. The quantitative estimate of drug-likeness (QED) is 0.478. The molecule has 1 saturated heterocycles. The van der Waals surface area contributed by atoms with E-state index in [2.05, 4.69) is 27.0 Å². The van der Waals surface area contributed by atoms with Gasteiger partial charge in [-0.05, 0) is 42.3 Å². The maximum atomic E-state index is 13.9. The van der Waals surface area contributed by atoms with Gasteiger partial charge in [-0.1, -0.05) is 35.9 Å². The van der Waals surface area contributed by atoms with Gasteiger partial charge in [0.2, 0.25) is 5.91 Å². The van der Waals surface area contributed by atoms with E-state index in [0.717, 1.165) is 27.8 Å². The Hall–Kier alpha value is -3.45. The summed E-state index contributed by atoms with van der Waals surface area (Å²) in [4.78, 5) is 21.6. The molecule has 1 aliphatic rings. The number of anilines is 1. The number of nitrogens with one attached hydrogen (secondary N) is 1. The van der Waals surface area contributed by atoms with Crippen LogP contribution in [0.25, 0.3) is 22.2 Å². The van der Waals surface area contributed by atoms with Crippen molar-refractivity contribution in [2.45, 2.75) is 5.92 Å². The maximum Gasteiger partial charge on any atom is 0.230 e. The fourth-order valence-corrected chi connectivity index (χ4v) is 4.43. The van der Waals surface area contributed by atoms with Crippen LogP contribution < -0.4 is 4.90 Å². The SMILES string of the molecule is [CH2][C@H](C(=O)N1CCN(c2c(-c3cccc(F)c3)cnc3[nH]ncc23)CC1)c1ccc(Cl)cc1. The predicted molar refractivity (Wildman–Crippen MR) is 128 cm³/mol. The molecule has 0 saturated carbocycles. The van der Waals surface area contributed by atoms with Crippen LogP contribution in [0.2, 0.25) is 5.02 Å². The van der Waals surface area contributed by atoms with Gasteiger partial charge in [0.15, 0.2) is 5.65 Å². The number of pyridine rings is 1. The first-order valence-corrected chi connectivity index (χ1v) is 11.1. The molecule has 1 fully saturated rings. The summed E-state index contributed by atoms with van der Waals surface area (Å²) in [6, 6.07) is 13.7. The average molecular weight is 463 g/mol. The number of carbonyl (C=O) groups excluding carboxylic acids is 1. The molecule has 6 nitrogen and oxygen atoms in total. The molecule has 3 heterocycles. The summed E-state index contributed by atoms with van der Waals surface area (Å²) < 4.78 is 13.9. The number of nitrogens with zero attached hydrogens (tertiary/aromatic N) is 4. The highest BCUT2D eigenvalue weighted by atomic mass is 35.5. The summed E-state index contributed by atoms with van der Waals surface area (Å²) in [6.45, 7) is 6.46. The van der Waals surface area contributed by atoms with E-state index in [1.54, 1.807) is 30.6 Å². The first-order chi connectivity index (χ1) is 16.0. The Kier molecular flexibility index (Phi) is 5.72. The number of fused-ring (bicyclic) bond motifs is 1. The summed E-state index contributed by atoms with van der Waals surface area (Å²) in [5.41, 5.74) is 4.04. The number of halogens is 2. The maximum absolute atomic E-state index is 13.9. The van der Waals surface area contributed by atoms with Crippen LogP contribution in [0, 0.1) is 12.7 Å². The smallest absolute Gasteiger partial charge is 0.230 e. The zero-order valence-electron chi connectivity index (χ0n) is 17.8. The highest BCUT2D eigenvalue weighted by molar-refractivity contribution is 6.30. The number of carbonyl (C=O) groups is 1. The van der Waals surface area contributed by atoms with Crippen molar-refractivity contribution in [1.29, 1.82) is 0 Å². The van der Waals surface area contributed by atoms with Crippen LogP contribution in [0.4, 0.5) is 10.1 Å². The van der Waals surface area contributed by atoms with Crippen molar-refractivity contribution in [1.82, 2.24) is 20.1 Å². The number of amides is 1. The minimum absolute atomic E-state index is 0.00878. The van der Waals surface area contributed by atoms with Crippen LogP contribution in [-0.2, 0) is 4.79 Å². The van der Waals surface area contributed by atoms with Crippen LogP contribution in [0.5, 0.6) is 0 Å². The number of benzene rings is 2. The van der Waals surface area contributed by atoms with Crippen molar-refractivity contribution >= 4 is 34.2 Å². The molecule has 0 aliphatic carbocycles. The molecule has 1 amide bonds. The Balaban J connectivity index is 1.39. The van der Waals surface area contributed by atoms with Gasteiger partial charge >= 0.3 is 0 Å². The number of H-pyrrole nitrogens is 1. The molecule has 4 aromatic rings. The van der Waals surface area contributed by atoms with Crippen molar-refractivity contribution < 1.29 is 9.18 Å². The monoisotopic (exact) mass is 462 g/mol. The molecule has 33 heavy (non-hydrogen) atoms. The van der Waals surface area contributed by atoms with Crippen LogP contribution in [-0.4, -0.2) is 52.2 Å². The van der Waals surface area contributed by atoms with Gasteiger partial charge in [0.25, 0.3) is 0 Å². The van der Waals surface area contributed by atoms with E-state index >= 15 is 0 Å². The van der Waals surface area contributed by atoms with E-state index in [9.17, 15) is 9.18 Å². The second-order valence-corrected chi connectivity index (χ2v) is 8.52. The van der Waals surface area contributed by atoms with Gasteiger partial charge in [-0.15, -0.1) is 0 Å². The number of aromatic nitrogens is 3. The van der Waals surface area contributed by atoms with E-state index < -0.39 is 5.92 Å². The molecule has 1 N–H and O–H groups in total. The van der Waals surface area contributed by atoms with Gasteiger partial charge in [0, 0.05) is 43.0 Å². The lowest BCUT2D eigenvalue weighted by atomic mass is 9.99. The second-order valence-electron chi connectivity index (χ2n) is 8.08. The lowest BCUT2D eigenvalue weighted by Gasteiger charge is -2.38. The molecule has 8 heteroatoms. The van der Waals surface area contributed by atoms with Gasteiger partial charge in [-0.3, -0.25) is 9.89 Å². The topological polar surface area (TPSA) is 65.1 Å². The standard InChI is InChI=1S/C25H22ClFN5O/c1-16(17-5-7-19(26)8-6-17)25(33)32-11-9-31(10-12-32)23-21(18-3-2-4-20(27)13-18)14-28-24-22(23)15-29-30-24/h2-8,13-16H,1,9-12H2,(H,28,29,30)/t16-/m0/s1. The summed E-state index contributed by atoms with van der Waals surface area (Å²) in [5, 5.41) is 8.55. The van der Waals surface area contributed by atoms with Crippen LogP contribution in [0.1, 0.15) is 11.5 Å². The van der Waals surface area contributed by atoms with E-state index in [4.69, 9.17) is 11.6 Å². The number of rotatable bonds is 4. The lowest BCUT2D eigenvalue weighted by molar-refractivity contribution is -0.132. The fourth-order valence-electron chi connectivity index (χ4n) is 4.30. The number of hydrogen-bond acceptors (Lipinski definition) is 4. The molecule has 1 aliphatic heterocycles. The molecular weight excluding hydrogens is 441 g/mol. The minimum Gasteiger partial charge on any atom is -0.367 e. The molecule has 0 spiro atoms. The first-order valence-electron chi connectivity index (χ1n) is 10.7. The molecule has 2 aromatic carbocycles. The Bertz CT molecular complexity index is 1300. The normalized spacial score (nSPS) is 15.1. The zero-order valence-corrected chi connectivity index (χ0v) is 18.6. The third-order valence-electron chi connectivity index (χ3n) is 6.07. The van der Waals surface area contributed by atoms with Crippen molar-refractivity contribution in [3.63, 3.8) is 0 Å². The van der Waals surface area contributed by atoms with Gasteiger partial charge in [-0.2, -0.15) is 5.10 Å². The predicted octanol–water partition coefficient (Wildman–Crippen LogP) is 4.68. The molecule has 2 aromatic heterocycles.